The van der Waals surface area contributed by atoms with Crippen LogP contribution in [0.4, 0.5) is 0 Å². The number of carbonyl (C=O) groups is 1. The van der Waals surface area contributed by atoms with E-state index in [2.05, 4.69) is 17.4 Å². The third kappa shape index (κ3) is 7.04. The van der Waals surface area contributed by atoms with Gasteiger partial charge >= 0.3 is 0 Å². The third-order valence-electron chi connectivity index (χ3n) is 4.92. The lowest BCUT2D eigenvalue weighted by Crippen LogP contribution is -2.33. The molecule has 0 fully saturated rings. The maximum absolute atomic E-state index is 12.8. The fourth-order valence-electron chi connectivity index (χ4n) is 3.23. The maximum atomic E-state index is 12.8. The molecule has 3 aromatic rings. The van der Waals surface area contributed by atoms with E-state index >= 15 is 0 Å². The Labute approximate surface area is 189 Å². The molecule has 0 aliphatic heterocycles. The Morgan fingerprint density at radius 1 is 1.00 bits per heavy atom. The SMILES string of the molecule is CCOc1ccc(C(=O)N[C@@H](C)CCc2ccccc2)cc1COc1ccc(Cl)cc1. The molecule has 0 aliphatic carbocycles. The van der Waals surface area contributed by atoms with Crippen LogP contribution in [0, 0.1) is 0 Å². The minimum atomic E-state index is -0.101. The molecule has 0 aliphatic rings. The van der Waals surface area contributed by atoms with Gasteiger partial charge in [-0.25, -0.2) is 0 Å². The molecule has 0 aromatic heterocycles. The fraction of sp³-hybridized carbons (Fsp3) is 0.269. The first-order chi connectivity index (χ1) is 15.0. The minimum absolute atomic E-state index is 0.0630. The van der Waals surface area contributed by atoms with Crippen LogP contribution in [0.2, 0.25) is 5.02 Å². The first-order valence-electron chi connectivity index (χ1n) is 10.5. The Hall–Kier alpha value is -2.98. The number of benzene rings is 3. The molecule has 3 rings (SSSR count). The van der Waals surface area contributed by atoms with Crippen LogP contribution in [0.1, 0.15) is 41.8 Å². The van der Waals surface area contributed by atoms with Crippen LogP contribution in [-0.4, -0.2) is 18.6 Å². The smallest absolute Gasteiger partial charge is 0.251 e. The predicted octanol–water partition coefficient (Wildman–Crippen LogP) is 6.07. The molecule has 0 bridgehead atoms. The van der Waals surface area contributed by atoms with Gasteiger partial charge < -0.3 is 14.8 Å². The van der Waals surface area contributed by atoms with Gasteiger partial charge in [0, 0.05) is 22.2 Å². The van der Waals surface area contributed by atoms with E-state index in [-0.39, 0.29) is 11.9 Å². The molecular formula is C26H28ClNO3. The van der Waals surface area contributed by atoms with Crippen molar-refractivity contribution in [1.82, 2.24) is 5.32 Å². The molecule has 0 saturated carbocycles. The van der Waals surface area contributed by atoms with Gasteiger partial charge in [-0.3, -0.25) is 4.79 Å². The monoisotopic (exact) mass is 437 g/mol. The highest BCUT2D eigenvalue weighted by Gasteiger charge is 2.14. The van der Waals surface area contributed by atoms with Crippen molar-refractivity contribution in [3.05, 3.63) is 94.5 Å². The fourth-order valence-corrected chi connectivity index (χ4v) is 3.35. The molecule has 0 heterocycles. The zero-order valence-corrected chi connectivity index (χ0v) is 18.7. The molecule has 5 heteroatoms. The molecule has 1 atom stereocenters. The van der Waals surface area contributed by atoms with Crippen LogP contribution in [0.5, 0.6) is 11.5 Å². The Morgan fingerprint density at radius 2 is 1.74 bits per heavy atom. The van der Waals surface area contributed by atoms with E-state index in [0.717, 1.165) is 18.4 Å². The Morgan fingerprint density at radius 3 is 2.45 bits per heavy atom. The van der Waals surface area contributed by atoms with Gasteiger partial charge in [0.15, 0.2) is 0 Å². The van der Waals surface area contributed by atoms with Crippen LogP contribution in [0.25, 0.3) is 0 Å². The van der Waals surface area contributed by atoms with E-state index in [4.69, 9.17) is 21.1 Å². The van der Waals surface area contributed by atoms with Crippen molar-refractivity contribution in [2.75, 3.05) is 6.61 Å². The van der Waals surface area contributed by atoms with Crippen molar-refractivity contribution in [2.45, 2.75) is 39.3 Å². The quantitative estimate of drug-likeness (QED) is 0.418. The molecule has 162 valence electrons. The minimum Gasteiger partial charge on any atom is -0.493 e. The van der Waals surface area contributed by atoms with E-state index in [1.807, 2.05) is 56.3 Å². The average molecular weight is 438 g/mol. The van der Waals surface area contributed by atoms with Crippen molar-refractivity contribution < 1.29 is 14.3 Å². The van der Waals surface area contributed by atoms with Crippen LogP contribution < -0.4 is 14.8 Å². The van der Waals surface area contributed by atoms with Gasteiger partial charge in [-0.2, -0.15) is 0 Å². The molecule has 0 spiro atoms. The van der Waals surface area contributed by atoms with E-state index < -0.39 is 0 Å². The number of hydrogen-bond acceptors (Lipinski definition) is 3. The van der Waals surface area contributed by atoms with Gasteiger partial charge in [0.2, 0.25) is 0 Å². The van der Waals surface area contributed by atoms with Gasteiger partial charge in [0.1, 0.15) is 18.1 Å². The second kappa shape index (κ2) is 11.4. The van der Waals surface area contributed by atoms with Gasteiger partial charge in [-0.05, 0) is 74.7 Å². The van der Waals surface area contributed by atoms with Crippen LogP contribution in [0.3, 0.4) is 0 Å². The van der Waals surface area contributed by atoms with Crippen molar-refractivity contribution in [3.8, 4) is 11.5 Å². The third-order valence-corrected chi connectivity index (χ3v) is 5.17. The number of nitrogens with one attached hydrogen (secondary N) is 1. The summed E-state index contributed by atoms with van der Waals surface area (Å²) >= 11 is 5.93. The van der Waals surface area contributed by atoms with Crippen molar-refractivity contribution in [1.29, 1.82) is 0 Å². The first kappa shape index (κ1) is 22.7. The predicted molar refractivity (Wildman–Crippen MR) is 125 cm³/mol. The Balaban J connectivity index is 1.63. The molecule has 31 heavy (non-hydrogen) atoms. The van der Waals surface area contributed by atoms with Gasteiger partial charge in [0.25, 0.3) is 5.91 Å². The normalized spacial score (nSPS) is 11.6. The lowest BCUT2D eigenvalue weighted by atomic mass is 10.1. The molecule has 0 radical (unpaired) electrons. The largest absolute Gasteiger partial charge is 0.493 e. The van der Waals surface area contributed by atoms with Crippen molar-refractivity contribution >= 4 is 17.5 Å². The number of amides is 1. The summed E-state index contributed by atoms with van der Waals surface area (Å²) in [5.74, 6) is 1.32. The van der Waals surface area contributed by atoms with Gasteiger partial charge in [-0.15, -0.1) is 0 Å². The summed E-state index contributed by atoms with van der Waals surface area (Å²) in [4.78, 5) is 12.8. The highest BCUT2D eigenvalue weighted by atomic mass is 35.5. The molecule has 1 N–H and O–H groups in total. The second-order valence-corrected chi connectivity index (χ2v) is 7.83. The van der Waals surface area contributed by atoms with Crippen LogP contribution in [-0.2, 0) is 13.0 Å². The van der Waals surface area contributed by atoms with Gasteiger partial charge in [-0.1, -0.05) is 41.9 Å². The highest BCUT2D eigenvalue weighted by molar-refractivity contribution is 6.30. The summed E-state index contributed by atoms with van der Waals surface area (Å²) in [5.41, 5.74) is 2.68. The van der Waals surface area contributed by atoms with Crippen LogP contribution >= 0.6 is 11.6 Å². The summed E-state index contributed by atoms with van der Waals surface area (Å²) in [6.45, 7) is 4.79. The lowest BCUT2D eigenvalue weighted by Gasteiger charge is -2.16. The van der Waals surface area contributed by atoms with E-state index in [9.17, 15) is 4.79 Å². The Kier molecular flexibility index (Phi) is 8.36. The summed E-state index contributed by atoms with van der Waals surface area (Å²) in [6, 6.07) is 23.0. The molecule has 1 amide bonds. The molecule has 0 unspecified atom stereocenters. The van der Waals surface area contributed by atoms with E-state index in [1.54, 1.807) is 18.2 Å². The van der Waals surface area contributed by atoms with E-state index in [1.165, 1.54) is 5.56 Å². The summed E-state index contributed by atoms with van der Waals surface area (Å²) in [7, 11) is 0. The van der Waals surface area contributed by atoms with Crippen molar-refractivity contribution in [3.63, 3.8) is 0 Å². The zero-order valence-electron chi connectivity index (χ0n) is 17.9. The second-order valence-electron chi connectivity index (χ2n) is 7.40. The average Bonchev–Trinajstić information content (AvgIpc) is 2.79. The zero-order chi connectivity index (χ0) is 22.1. The number of carbonyl (C=O) groups excluding carboxylic acids is 1. The van der Waals surface area contributed by atoms with Crippen molar-refractivity contribution in [2.24, 2.45) is 0 Å². The van der Waals surface area contributed by atoms with Crippen LogP contribution in [0.15, 0.2) is 72.8 Å². The molecule has 0 saturated heterocycles. The molecule has 4 nitrogen and oxygen atoms in total. The molecular weight excluding hydrogens is 410 g/mol. The standard InChI is InChI=1S/C26H28ClNO3/c1-3-30-25-16-11-21(17-22(25)18-31-24-14-12-23(27)13-15-24)26(29)28-19(2)9-10-20-7-5-4-6-8-20/h4-8,11-17,19H,3,9-10,18H2,1-2H3,(H,28,29)/t19-/m0/s1. The Bertz CT molecular complexity index is 974. The van der Waals surface area contributed by atoms with E-state index in [0.29, 0.717) is 35.3 Å². The summed E-state index contributed by atoms with van der Waals surface area (Å²) < 4.78 is 11.6. The number of ether oxygens (including phenoxy) is 2. The number of hydrogen-bond donors (Lipinski definition) is 1. The number of halogens is 1. The lowest BCUT2D eigenvalue weighted by molar-refractivity contribution is 0.0938. The molecule has 3 aromatic carbocycles. The topological polar surface area (TPSA) is 47.6 Å². The van der Waals surface area contributed by atoms with Gasteiger partial charge in [0.05, 0.1) is 6.61 Å². The first-order valence-corrected chi connectivity index (χ1v) is 10.9. The number of aryl methyl sites for hydroxylation is 1. The number of rotatable bonds is 10. The highest BCUT2D eigenvalue weighted by Crippen LogP contribution is 2.24. The summed E-state index contributed by atoms with van der Waals surface area (Å²) in [6.07, 6.45) is 1.80. The maximum Gasteiger partial charge on any atom is 0.251 e. The summed E-state index contributed by atoms with van der Waals surface area (Å²) in [5, 5.41) is 3.74.